The number of rotatable bonds is 7. The molecule has 0 saturated carbocycles. The number of aryl methyl sites for hydroxylation is 1. The molecule has 4 rings (SSSR count). The summed E-state index contributed by atoms with van der Waals surface area (Å²) >= 11 is 7.19. The molecule has 0 aliphatic rings. The highest BCUT2D eigenvalue weighted by molar-refractivity contribution is 7.99. The van der Waals surface area contributed by atoms with Gasteiger partial charge in [-0.25, -0.2) is 9.97 Å². The summed E-state index contributed by atoms with van der Waals surface area (Å²) in [6, 6.07) is 16.7. The van der Waals surface area contributed by atoms with Gasteiger partial charge in [0, 0.05) is 30.0 Å². The summed E-state index contributed by atoms with van der Waals surface area (Å²) in [5.74, 6) is 1.45. The number of thioether (sulfide) groups is 1. The maximum absolute atomic E-state index is 12.7. The van der Waals surface area contributed by atoms with Gasteiger partial charge in [-0.2, -0.15) is 0 Å². The van der Waals surface area contributed by atoms with Gasteiger partial charge < -0.3 is 9.88 Å². The Labute approximate surface area is 182 Å². The molecule has 4 aromatic rings. The third kappa shape index (κ3) is 4.72. The standard InChI is InChI=1S/C21H19ClN6OS/c1-28-12-11-23-20(28)18(14-5-3-2-4-6-14)24-17(29)13-30-21-25-19(26-27-21)15-7-9-16(22)10-8-15/h2-12,18H,13H2,1H3,(H,24,29)(H,25,26,27). The van der Waals surface area contributed by atoms with E-state index in [1.165, 1.54) is 11.8 Å². The number of imidazole rings is 1. The molecule has 0 aliphatic heterocycles. The molecule has 30 heavy (non-hydrogen) atoms. The summed E-state index contributed by atoms with van der Waals surface area (Å²) in [6.07, 6.45) is 3.58. The van der Waals surface area contributed by atoms with Crippen molar-refractivity contribution in [1.82, 2.24) is 30.0 Å². The van der Waals surface area contributed by atoms with Crippen molar-refractivity contribution in [3.63, 3.8) is 0 Å². The molecule has 1 atom stereocenters. The summed E-state index contributed by atoms with van der Waals surface area (Å²) in [7, 11) is 1.91. The van der Waals surface area contributed by atoms with E-state index in [4.69, 9.17) is 11.6 Å². The molecular formula is C21H19ClN6OS. The molecular weight excluding hydrogens is 420 g/mol. The molecule has 0 saturated heterocycles. The number of aromatic amines is 1. The summed E-state index contributed by atoms with van der Waals surface area (Å²) in [5.41, 5.74) is 1.84. The molecule has 0 bridgehead atoms. The van der Waals surface area contributed by atoms with Gasteiger partial charge in [0.15, 0.2) is 5.82 Å². The molecule has 9 heteroatoms. The molecule has 0 aliphatic carbocycles. The number of aromatic nitrogens is 5. The highest BCUT2D eigenvalue weighted by atomic mass is 35.5. The number of nitrogens with zero attached hydrogens (tertiary/aromatic N) is 4. The lowest BCUT2D eigenvalue weighted by molar-refractivity contribution is -0.119. The highest BCUT2D eigenvalue weighted by Crippen LogP contribution is 2.23. The largest absolute Gasteiger partial charge is 0.341 e. The first-order valence-corrected chi connectivity index (χ1v) is 10.6. The molecule has 2 N–H and O–H groups in total. The summed E-state index contributed by atoms with van der Waals surface area (Å²) in [4.78, 5) is 21.5. The Kier molecular flexibility index (Phi) is 6.15. The van der Waals surface area contributed by atoms with Crippen LogP contribution in [0.4, 0.5) is 0 Å². The quantitative estimate of drug-likeness (QED) is 0.428. The van der Waals surface area contributed by atoms with Crippen LogP contribution in [0, 0.1) is 0 Å². The minimum Gasteiger partial charge on any atom is -0.341 e. The van der Waals surface area contributed by atoms with Crippen LogP contribution in [0.5, 0.6) is 0 Å². The summed E-state index contributed by atoms with van der Waals surface area (Å²) in [5, 5.41) is 11.3. The number of halogens is 1. The molecule has 2 aromatic heterocycles. The molecule has 2 heterocycles. The topological polar surface area (TPSA) is 88.5 Å². The van der Waals surface area contributed by atoms with Crippen molar-refractivity contribution in [1.29, 1.82) is 0 Å². The third-order valence-electron chi connectivity index (χ3n) is 4.47. The molecule has 1 amide bonds. The van der Waals surface area contributed by atoms with Gasteiger partial charge in [-0.15, -0.1) is 5.10 Å². The fraction of sp³-hybridized carbons (Fsp3) is 0.143. The normalized spacial score (nSPS) is 11.9. The summed E-state index contributed by atoms with van der Waals surface area (Å²) in [6.45, 7) is 0. The zero-order valence-electron chi connectivity index (χ0n) is 16.1. The Bertz CT molecular complexity index is 1130. The van der Waals surface area contributed by atoms with Crippen LogP contribution in [0.3, 0.4) is 0 Å². The number of hydrogen-bond acceptors (Lipinski definition) is 5. The van der Waals surface area contributed by atoms with Crippen molar-refractivity contribution in [3.8, 4) is 11.4 Å². The van der Waals surface area contributed by atoms with Gasteiger partial charge in [0.25, 0.3) is 0 Å². The van der Waals surface area contributed by atoms with Crippen molar-refractivity contribution >= 4 is 29.3 Å². The predicted octanol–water partition coefficient (Wildman–Crippen LogP) is 3.86. The van der Waals surface area contributed by atoms with Crippen molar-refractivity contribution in [3.05, 3.63) is 83.4 Å². The lowest BCUT2D eigenvalue weighted by atomic mass is 10.1. The van der Waals surface area contributed by atoms with Gasteiger partial charge in [0.1, 0.15) is 11.9 Å². The van der Waals surface area contributed by atoms with E-state index >= 15 is 0 Å². The molecule has 1 unspecified atom stereocenters. The van der Waals surface area contributed by atoms with Crippen LogP contribution in [0.2, 0.25) is 5.02 Å². The van der Waals surface area contributed by atoms with Crippen LogP contribution < -0.4 is 5.32 Å². The van der Waals surface area contributed by atoms with E-state index in [1.54, 1.807) is 18.3 Å². The second-order valence-corrected chi connectivity index (χ2v) is 7.95. The van der Waals surface area contributed by atoms with Crippen LogP contribution in [0.1, 0.15) is 17.4 Å². The van der Waals surface area contributed by atoms with Gasteiger partial charge >= 0.3 is 0 Å². The zero-order chi connectivity index (χ0) is 20.9. The molecule has 0 spiro atoms. The first kappa shape index (κ1) is 20.2. The van der Waals surface area contributed by atoms with E-state index < -0.39 is 0 Å². The third-order valence-corrected chi connectivity index (χ3v) is 5.57. The number of nitrogens with one attached hydrogen (secondary N) is 2. The van der Waals surface area contributed by atoms with E-state index in [9.17, 15) is 4.79 Å². The monoisotopic (exact) mass is 438 g/mol. The Hall–Kier alpha value is -3.10. The van der Waals surface area contributed by atoms with Crippen molar-refractivity contribution in [2.75, 3.05) is 5.75 Å². The number of carbonyl (C=O) groups is 1. The van der Waals surface area contributed by atoms with Gasteiger partial charge in [0.05, 0.1) is 5.75 Å². The Morgan fingerprint density at radius 3 is 2.67 bits per heavy atom. The first-order chi connectivity index (χ1) is 14.6. The number of benzene rings is 2. The van der Waals surface area contributed by atoms with Gasteiger partial charge in [0.2, 0.25) is 11.1 Å². The average molecular weight is 439 g/mol. The fourth-order valence-corrected chi connectivity index (χ4v) is 3.71. The van der Waals surface area contributed by atoms with E-state index in [0.717, 1.165) is 17.0 Å². The minimum atomic E-state index is -0.337. The highest BCUT2D eigenvalue weighted by Gasteiger charge is 2.21. The Balaban J connectivity index is 1.42. The minimum absolute atomic E-state index is 0.130. The van der Waals surface area contributed by atoms with Crippen LogP contribution in [-0.4, -0.2) is 36.4 Å². The van der Waals surface area contributed by atoms with Crippen LogP contribution in [0.25, 0.3) is 11.4 Å². The van der Waals surface area contributed by atoms with E-state index in [0.29, 0.717) is 16.0 Å². The van der Waals surface area contributed by atoms with Crippen LogP contribution in [-0.2, 0) is 11.8 Å². The van der Waals surface area contributed by atoms with Crippen molar-refractivity contribution in [2.45, 2.75) is 11.2 Å². The van der Waals surface area contributed by atoms with Gasteiger partial charge in [-0.1, -0.05) is 53.7 Å². The van der Waals surface area contributed by atoms with Crippen LogP contribution in [0.15, 0.2) is 72.1 Å². The van der Waals surface area contributed by atoms with E-state index in [-0.39, 0.29) is 17.7 Å². The second kappa shape index (κ2) is 9.15. The summed E-state index contributed by atoms with van der Waals surface area (Å²) < 4.78 is 1.90. The number of amides is 1. The molecule has 0 fully saturated rings. The van der Waals surface area contributed by atoms with Gasteiger partial charge in [-0.3, -0.25) is 9.89 Å². The lowest BCUT2D eigenvalue weighted by Gasteiger charge is -2.19. The second-order valence-electron chi connectivity index (χ2n) is 6.57. The number of H-pyrrole nitrogens is 1. The molecule has 7 nitrogen and oxygen atoms in total. The fourth-order valence-electron chi connectivity index (χ4n) is 2.98. The molecule has 152 valence electrons. The number of hydrogen-bond donors (Lipinski definition) is 2. The SMILES string of the molecule is Cn1ccnc1C(NC(=O)CSc1n[nH]c(-c2ccc(Cl)cc2)n1)c1ccccc1. The lowest BCUT2D eigenvalue weighted by Crippen LogP contribution is -2.32. The maximum Gasteiger partial charge on any atom is 0.231 e. The molecule has 0 radical (unpaired) electrons. The Morgan fingerprint density at radius 1 is 1.20 bits per heavy atom. The van der Waals surface area contributed by atoms with Crippen molar-refractivity contribution < 1.29 is 4.79 Å². The van der Waals surface area contributed by atoms with Crippen molar-refractivity contribution in [2.24, 2.45) is 7.05 Å². The Morgan fingerprint density at radius 2 is 1.97 bits per heavy atom. The number of carbonyl (C=O) groups excluding carboxylic acids is 1. The predicted molar refractivity (Wildman–Crippen MR) is 117 cm³/mol. The first-order valence-electron chi connectivity index (χ1n) is 9.23. The smallest absolute Gasteiger partial charge is 0.231 e. The zero-order valence-corrected chi connectivity index (χ0v) is 17.7. The average Bonchev–Trinajstić information content (AvgIpc) is 3.41. The molecule has 2 aromatic carbocycles. The maximum atomic E-state index is 12.7. The van der Waals surface area contributed by atoms with Gasteiger partial charge in [-0.05, 0) is 29.8 Å². The van der Waals surface area contributed by atoms with E-state index in [2.05, 4.69) is 25.5 Å². The van der Waals surface area contributed by atoms with E-state index in [1.807, 2.05) is 60.3 Å². The van der Waals surface area contributed by atoms with Crippen LogP contribution >= 0.6 is 23.4 Å².